The molecule has 2 rings (SSSR count). The minimum absolute atomic E-state index is 0.0554. The molecule has 0 aromatic rings. The molecule has 1 saturated heterocycles. The molecule has 2 aliphatic heterocycles. The number of imide groups is 2. The molecule has 0 radical (unpaired) electrons. The fourth-order valence-corrected chi connectivity index (χ4v) is 2.39. The molecule has 0 aromatic carbocycles. The summed E-state index contributed by atoms with van der Waals surface area (Å²) in [5, 5.41) is 2.11. The Balaban J connectivity index is 1.63. The molecule has 7 nitrogen and oxygen atoms in total. The Hall–Kier alpha value is -2.31. The molecule has 0 bridgehead atoms. The average Bonchev–Trinajstić information content (AvgIpc) is 2.93. The molecule has 7 heteroatoms. The number of amides is 4. The number of carbonyl (C=O) groups excluding carboxylic acids is 5. The van der Waals surface area contributed by atoms with Crippen molar-refractivity contribution in [1.82, 2.24) is 10.2 Å². The fourth-order valence-electron chi connectivity index (χ4n) is 2.39. The molecule has 1 fully saturated rings. The van der Waals surface area contributed by atoms with E-state index in [4.69, 9.17) is 0 Å². The minimum atomic E-state index is -0.844. The summed E-state index contributed by atoms with van der Waals surface area (Å²) >= 11 is 0. The molecular formula is C14H16N2O5. The number of Topliss-reactive ketones (excluding diaryl/α,β-unsaturated/α-hetero) is 1. The highest BCUT2D eigenvalue weighted by atomic mass is 16.2. The van der Waals surface area contributed by atoms with Crippen LogP contribution in [0.3, 0.4) is 0 Å². The van der Waals surface area contributed by atoms with Crippen LogP contribution in [0.4, 0.5) is 0 Å². The second kappa shape index (κ2) is 6.43. The lowest BCUT2D eigenvalue weighted by Gasteiger charge is -2.13. The summed E-state index contributed by atoms with van der Waals surface area (Å²) in [7, 11) is 0. The molecule has 1 N–H and O–H groups in total. The summed E-state index contributed by atoms with van der Waals surface area (Å²) < 4.78 is 0. The van der Waals surface area contributed by atoms with Crippen molar-refractivity contribution in [2.24, 2.45) is 5.92 Å². The number of nitrogens with zero attached hydrogens (tertiary/aromatic N) is 1. The van der Waals surface area contributed by atoms with E-state index in [9.17, 15) is 24.0 Å². The van der Waals surface area contributed by atoms with Gasteiger partial charge in [-0.05, 0) is 12.8 Å². The third kappa shape index (κ3) is 3.62. The van der Waals surface area contributed by atoms with Crippen LogP contribution in [0.1, 0.15) is 32.1 Å². The van der Waals surface area contributed by atoms with Crippen LogP contribution in [0, 0.1) is 5.92 Å². The van der Waals surface area contributed by atoms with Gasteiger partial charge in [0.05, 0.1) is 0 Å². The van der Waals surface area contributed by atoms with E-state index < -0.39 is 17.7 Å². The Kier molecular flexibility index (Phi) is 4.62. The quantitative estimate of drug-likeness (QED) is 0.394. The number of rotatable bonds is 7. The van der Waals surface area contributed by atoms with Crippen molar-refractivity contribution < 1.29 is 24.0 Å². The molecule has 2 aliphatic rings. The number of hydrogen-bond donors (Lipinski definition) is 1. The van der Waals surface area contributed by atoms with Gasteiger partial charge in [0.25, 0.3) is 11.8 Å². The Morgan fingerprint density at radius 1 is 1.10 bits per heavy atom. The molecule has 0 aliphatic carbocycles. The molecule has 1 atom stereocenters. The van der Waals surface area contributed by atoms with Crippen LogP contribution in [0.15, 0.2) is 12.2 Å². The molecule has 0 spiro atoms. The van der Waals surface area contributed by atoms with Gasteiger partial charge < -0.3 is 0 Å². The second-order valence-electron chi connectivity index (χ2n) is 5.11. The van der Waals surface area contributed by atoms with E-state index in [1.165, 1.54) is 12.2 Å². The predicted octanol–water partition coefficient (Wildman–Crippen LogP) is -0.296. The number of ketones is 1. The Bertz CT molecular complexity index is 519. The summed E-state index contributed by atoms with van der Waals surface area (Å²) in [6.45, 7) is 0.335. The molecule has 21 heavy (non-hydrogen) atoms. The lowest BCUT2D eigenvalue weighted by molar-refractivity contribution is -0.137. The largest absolute Gasteiger partial charge is 0.299 e. The van der Waals surface area contributed by atoms with Gasteiger partial charge in [-0.25, -0.2) is 0 Å². The monoisotopic (exact) mass is 292 g/mol. The van der Waals surface area contributed by atoms with E-state index in [1.54, 1.807) is 0 Å². The van der Waals surface area contributed by atoms with Crippen molar-refractivity contribution in [3.05, 3.63) is 12.2 Å². The van der Waals surface area contributed by atoms with Gasteiger partial charge in [0.1, 0.15) is 11.7 Å². The molecule has 1 unspecified atom stereocenters. The normalized spacial score (nSPS) is 21.3. The van der Waals surface area contributed by atoms with Crippen LogP contribution in [0.5, 0.6) is 0 Å². The maximum Gasteiger partial charge on any atom is 0.253 e. The summed E-state index contributed by atoms with van der Waals surface area (Å²) in [4.78, 5) is 57.8. The van der Waals surface area contributed by atoms with Crippen LogP contribution in [0.2, 0.25) is 0 Å². The van der Waals surface area contributed by atoms with Crippen LogP contribution in [0.25, 0.3) is 0 Å². The summed E-state index contributed by atoms with van der Waals surface area (Å²) in [6, 6.07) is 0. The van der Waals surface area contributed by atoms with Gasteiger partial charge in [0, 0.05) is 31.5 Å². The lowest BCUT2D eigenvalue weighted by atomic mass is 9.97. The van der Waals surface area contributed by atoms with Crippen molar-refractivity contribution in [3.63, 3.8) is 0 Å². The first-order valence-corrected chi connectivity index (χ1v) is 6.89. The topological polar surface area (TPSA) is 101 Å². The number of carbonyl (C=O) groups is 5. The standard InChI is InChI=1S/C14H16N2O5/c17-10(9-8-11(18)15-14(9)21)4-2-1-3-7-16-12(19)5-6-13(16)20/h5-6,9H,1-4,7-8H2,(H,15,18,21). The van der Waals surface area contributed by atoms with Crippen molar-refractivity contribution in [3.8, 4) is 0 Å². The van der Waals surface area contributed by atoms with E-state index in [1.807, 2.05) is 0 Å². The number of unbranched alkanes of at least 4 members (excludes halogenated alkanes) is 2. The van der Waals surface area contributed by atoms with Gasteiger partial charge in [-0.1, -0.05) is 6.42 Å². The van der Waals surface area contributed by atoms with Crippen LogP contribution in [-0.2, 0) is 24.0 Å². The highest BCUT2D eigenvalue weighted by molar-refractivity contribution is 6.14. The van der Waals surface area contributed by atoms with Gasteiger partial charge in [-0.3, -0.25) is 34.2 Å². The highest BCUT2D eigenvalue weighted by Crippen LogP contribution is 2.16. The van der Waals surface area contributed by atoms with Gasteiger partial charge in [-0.15, -0.1) is 0 Å². The first-order valence-electron chi connectivity index (χ1n) is 6.89. The van der Waals surface area contributed by atoms with Crippen molar-refractivity contribution in [1.29, 1.82) is 0 Å². The highest BCUT2D eigenvalue weighted by Gasteiger charge is 2.35. The zero-order valence-corrected chi connectivity index (χ0v) is 11.5. The number of nitrogens with one attached hydrogen (secondary N) is 1. The van der Waals surface area contributed by atoms with Gasteiger partial charge in [-0.2, -0.15) is 0 Å². The van der Waals surface area contributed by atoms with Gasteiger partial charge in [0.2, 0.25) is 11.8 Å². The third-order valence-corrected chi connectivity index (χ3v) is 3.56. The molecule has 2 heterocycles. The Labute approximate surface area is 121 Å². The molecular weight excluding hydrogens is 276 g/mol. The molecule has 0 aromatic heterocycles. The van der Waals surface area contributed by atoms with E-state index in [0.29, 0.717) is 25.8 Å². The predicted molar refractivity (Wildman–Crippen MR) is 70.6 cm³/mol. The summed E-state index contributed by atoms with van der Waals surface area (Å²) in [6.07, 6.45) is 4.50. The van der Waals surface area contributed by atoms with E-state index >= 15 is 0 Å². The Morgan fingerprint density at radius 2 is 1.76 bits per heavy atom. The maximum absolute atomic E-state index is 11.8. The van der Waals surface area contributed by atoms with Gasteiger partial charge in [0.15, 0.2) is 0 Å². The summed E-state index contributed by atoms with van der Waals surface area (Å²) in [5.74, 6) is -2.60. The fraction of sp³-hybridized carbons (Fsp3) is 0.500. The van der Waals surface area contributed by atoms with Crippen molar-refractivity contribution >= 4 is 29.4 Å². The van der Waals surface area contributed by atoms with Crippen LogP contribution >= 0.6 is 0 Å². The average molecular weight is 292 g/mol. The van der Waals surface area contributed by atoms with Crippen molar-refractivity contribution in [2.45, 2.75) is 32.1 Å². The van der Waals surface area contributed by atoms with Crippen molar-refractivity contribution in [2.75, 3.05) is 6.54 Å². The zero-order chi connectivity index (χ0) is 15.4. The third-order valence-electron chi connectivity index (χ3n) is 3.56. The van der Waals surface area contributed by atoms with Gasteiger partial charge >= 0.3 is 0 Å². The Morgan fingerprint density at radius 3 is 2.33 bits per heavy atom. The minimum Gasteiger partial charge on any atom is -0.299 e. The number of hydrogen-bond acceptors (Lipinski definition) is 5. The van der Waals surface area contributed by atoms with E-state index in [-0.39, 0.29) is 30.4 Å². The SMILES string of the molecule is O=C1CC(C(=O)CCCCCN2C(=O)C=CC2=O)C(=O)N1. The van der Waals surface area contributed by atoms with Crippen LogP contribution < -0.4 is 5.32 Å². The maximum atomic E-state index is 11.8. The lowest BCUT2D eigenvalue weighted by Crippen LogP contribution is -2.30. The van der Waals surface area contributed by atoms with E-state index in [0.717, 1.165) is 4.90 Å². The molecule has 4 amide bonds. The summed E-state index contributed by atoms with van der Waals surface area (Å²) in [5.41, 5.74) is 0. The second-order valence-corrected chi connectivity index (χ2v) is 5.11. The molecule has 112 valence electrons. The first kappa shape index (κ1) is 15.1. The van der Waals surface area contributed by atoms with Crippen LogP contribution in [-0.4, -0.2) is 40.9 Å². The molecule has 0 saturated carbocycles. The first-order chi connectivity index (χ1) is 9.99. The smallest absolute Gasteiger partial charge is 0.253 e. The van der Waals surface area contributed by atoms with E-state index in [2.05, 4.69) is 5.32 Å². The zero-order valence-electron chi connectivity index (χ0n) is 11.5.